The second-order valence-corrected chi connectivity index (χ2v) is 3.79. The maximum absolute atomic E-state index is 3.85. The number of likely N-dealkylation sites (N-methyl/N-ethyl adjacent to an activating group) is 1. The van der Waals surface area contributed by atoms with Gasteiger partial charge in [-0.2, -0.15) is 0 Å². The monoisotopic (exact) mass is 189 g/mol. The van der Waals surface area contributed by atoms with Crippen molar-refractivity contribution in [2.24, 2.45) is 0 Å². The van der Waals surface area contributed by atoms with Gasteiger partial charge in [0.05, 0.1) is 0 Å². The Balaban J connectivity index is 2.43. The Kier molecular flexibility index (Phi) is 4.41. The van der Waals surface area contributed by atoms with Crippen LogP contribution in [0.4, 0.5) is 0 Å². The van der Waals surface area contributed by atoms with E-state index in [2.05, 4.69) is 55.9 Å². The highest BCUT2D eigenvalue weighted by molar-refractivity contribution is 5.15. The van der Waals surface area contributed by atoms with E-state index in [0.717, 1.165) is 12.8 Å². The highest BCUT2D eigenvalue weighted by atomic mass is 15.1. The van der Waals surface area contributed by atoms with Crippen molar-refractivity contribution in [2.45, 2.75) is 18.9 Å². The molecule has 0 spiro atoms. The topological polar surface area (TPSA) is 3.24 Å². The van der Waals surface area contributed by atoms with Gasteiger partial charge in [-0.05, 0) is 32.5 Å². The number of aryl methyl sites for hydroxylation is 1. The second-order valence-electron chi connectivity index (χ2n) is 3.79. The average molecular weight is 189 g/mol. The molecule has 0 amide bonds. The summed E-state index contributed by atoms with van der Waals surface area (Å²) >= 11 is 0. The van der Waals surface area contributed by atoms with Crippen molar-refractivity contribution in [3.05, 3.63) is 48.6 Å². The SMILES string of the molecule is C=CC(CCc1ccccc1)N(C)C. The summed E-state index contributed by atoms with van der Waals surface area (Å²) in [5.74, 6) is 0. The molecular formula is C13H19N. The Morgan fingerprint density at radius 1 is 1.29 bits per heavy atom. The van der Waals surface area contributed by atoms with Crippen molar-refractivity contribution in [2.75, 3.05) is 14.1 Å². The van der Waals surface area contributed by atoms with Crippen LogP contribution in [0.2, 0.25) is 0 Å². The molecule has 0 N–H and O–H groups in total. The summed E-state index contributed by atoms with van der Waals surface area (Å²) in [4.78, 5) is 2.20. The zero-order chi connectivity index (χ0) is 10.4. The molecule has 1 aromatic carbocycles. The van der Waals surface area contributed by atoms with Gasteiger partial charge in [-0.15, -0.1) is 6.58 Å². The van der Waals surface area contributed by atoms with E-state index in [1.54, 1.807) is 0 Å². The Bertz CT molecular complexity index is 264. The van der Waals surface area contributed by atoms with Crippen LogP contribution < -0.4 is 0 Å². The first-order valence-electron chi connectivity index (χ1n) is 5.07. The molecule has 0 aliphatic heterocycles. The average Bonchev–Trinajstić information content (AvgIpc) is 2.20. The van der Waals surface area contributed by atoms with Crippen LogP contribution in [0.3, 0.4) is 0 Å². The summed E-state index contributed by atoms with van der Waals surface area (Å²) in [5.41, 5.74) is 1.40. The largest absolute Gasteiger partial charge is 0.303 e. The van der Waals surface area contributed by atoms with E-state index in [9.17, 15) is 0 Å². The normalized spacial score (nSPS) is 12.8. The van der Waals surface area contributed by atoms with Crippen LogP contribution in [0.1, 0.15) is 12.0 Å². The molecule has 0 aliphatic rings. The Hall–Kier alpha value is -1.08. The minimum absolute atomic E-state index is 0.482. The molecule has 14 heavy (non-hydrogen) atoms. The minimum atomic E-state index is 0.482. The number of hydrogen-bond acceptors (Lipinski definition) is 1. The van der Waals surface area contributed by atoms with E-state index in [-0.39, 0.29) is 0 Å². The third kappa shape index (κ3) is 3.35. The minimum Gasteiger partial charge on any atom is -0.303 e. The number of hydrogen-bond donors (Lipinski definition) is 0. The molecule has 1 rings (SSSR count). The standard InChI is InChI=1S/C13H19N/c1-4-13(14(2)3)11-10-12-8-6-5-7-9-12/h4-9,13H,1,10-11H2,2-3H3. The first-order chi connectivity index (χ1) is 6.74. The van der Waals surface area contributed by atoms with Gasteiger partial charge in [0.15, 0.2) is 0 Å². The molecule has 1 nitrogen and oxygen atoms in total. The zero-order valence-electron chi connectivity index (χ0n) is 9.11. The summed E-state index contributed by atoms with van der Waals surface area (Å²) in [6, 6.07) is 11.1. The van der Waals surface area contributed by atoms with Gasteiger partial charge in [0.25, 0.3) is 0 Å². The quantitative estimate of drug-likeness (QED) is 0.644. The predicted molar refractivity (Wildman–Crippen MR) is 62.4 cm³/mol. The van der Waals surface area contributed by atoms with Gasteiger partial charge >= 0.3 is 0 Å². The first kappa shape index (κ1) is 11.0. The fraction of sp³-hybridized carbons (Fsp3) is 0.385. The van der Waals surface area contributed by atoms with Gasteiger partial charge in [-0.1, -0.05) is 36.4 Å². The molecule has 0 aliphatic carbocycles. The molecule has 76 valence electrons. The first-order valence-corrected chi connectivity index (χ1v) is 5.07. The third-order valence-corrected chi connectivity index (χ3v) is 2.51. The summed E-state index contributed by atoms with van der Waals surface area (Å²) in [6.45, 7) is 3.85. The van der Waals surface area contributed by atoms with Crippen molar-refractivity contribution < 1.29 is 0 Å². The molecular weight excluding hydrogens is 170 g/mol. The second kappa shape index (κ2) is 5.61. The maximum Gasteiger partial charge on any atom is 0.0272 e. The summed E-state index contributed by atoms with van der Waals surface area (Å²) in [7, 11) is 4.19. The number of nitrogens with zero attached hydrogens (tertiary/aromatic N) is 1. The molecule has 0 radical (unpaired) electrons. The van der Waals surface area contributed by atoms with Gasteiger partial charge in [-0.3, -0.25) is 0 Å². The van der Waals surface area contributed by atoms with Crippen molar-refractivity contribution in [1.82, 2.24) is 4.90 Å². The van der Waals surface area contributed by atoms with Gasteiger partial charge in [0, 0.05) is 6.04 Å². The van der Waals surface area contributed by atoms with E-state index in [1.807, 2.05) is 6.08 Å². The summed E-state index contributed by atoms with van der Waals surface area (Å²) < 4.78 is 0. The molecule has 1 unspecified atom stereocenters. The van der Waals surface area contributed by atoms with Crippen molar-refractivity contribution in [3.8, 4) is 0 Å². The Labute approximate surface area is 87.1 Å². The van der Waals surface area contributed by atoms with Crippen LogP contribution in [0, 0.1) is 0 Å². The molecule has 1 aromatic rings. The molecule has 1 atom stereocenters. The maximum atomic E-state index is 3.85. The van der Waals surface area contributed by atoms with E-state index >= 15 is 0 Å². The molecule has 0 saturated heterocycles. The Morgan fingerprint density at radius 3 is 2.43 bits per heavy atom. The van der Waals surface area contributed by atoms with Gasteiger partial charge < -0.3 is 4.90 Å². The van der Waals surface area contributed by atoms with Gasteiger partial charge in [-0.25, -0.2) is 0 Å². The lowest BCUT2D eigenvalue weighted by atomic mass is 10.0. The van der Waals surface area contributed by atoms with Crippen molar-refractivity contribution in [3.63, 3.8) is 0 Å². The van der Waals surface area contributed by atoms with E-state index in [1.165, 1.54) is 5.56 Å². The zero-order valence-corrected chi connectivity index (χ0v) is 9.11. The van der Waals surface area contributed by atoms with Gasteiger partial charge in [0.1, 0.15) is 0 Å². The van der Waals surface area contributed by atoms with Crippen LogP contribution in [-0.2, 0) is 6.42 Å². The molecule has 1 heteroatoms. The molecule has 0 fully saturated rings. The molecule has 0 aromatic heterocycles. The van der Waals surface area contributed by atoms with Crippen molar-refractivity contribution >= 4 is 0 Å². The predicted octanol–water partition coefficient (Wildman–Crippen LogP) is 2.74. The van der Waals surface area contributed by atoms with Crippen LogP contribution in [-0.4, -0.2) is 25.0 Å². The van der Waals surface area contributed by atoms with Crippen LogP contribution >= 0.6 is 0 Å². The fourth-order valence-corrected chi connectivity index (χ4v) is 1.55. The van der Waals surface area contributed by atoms with Crippen LogP contribution in [0.25, 0.3) is 0 Å². The molecule has 0 heterocycles. The summed E-state index contributed by atoms with van der Waals surface area (Å²) in [6.07, 6.45) is 4.28. The lowest BCUT2D eigenvalue weighted by Crippen LogP contribution is -2.26. The summed E-state index contributed by atoms with van der Waals surface area (Å²) in [5, 5.41) is 0. The van der Waals surface area contributed by atoms with E-state index < -0.39 is 0 Å². The fourth-order valence-electron chi connectivity index (χ4n) is 1.55. The highest BCUT2D eigenvalue weighted by Crippen LogP contribution is 2.08. The lowest BCUT2D eigenvalue weighted by molar-refractivity contribution is 0.328. The smallest absolute Gasteiger partial charge is 0.0272 e. The van der Waals surface area contributed by atoms with Crippen LogP contribution in [0.5, 0.6) is 0 Å². The van der Waals surface area contributed by atoms with Crippen LogP contribution in [0.15, 0.2) is 43.0 Å². The Morgan fingerprint density at radius 2 is 1.93 bits per heavy atom. The van der Waals surface area contributed by atoms with Crippen molar-refractivity contribution in [1.29, 1.82) is 0 Å². The van der Waals surface area contributed by atoms with E-state index in [0.29, 0.717) is 6.04 Å². The highest BCUT2D eigenvalue weighted by Gasteiger charge is 2.05. The number of benzene rings is 1. The van der Waals surface area contributed by atoms with E-state index in [4.69, 9.17) is 0 Å². The third-order valence-electron chi connectivity index (χ3n) is 2.51. The molecule has 0 bridgehead atoms. The number of rotatable bonds is 5. The molecule has 0 saturated carbocycles. The van der Waals surface area contributed by atoms with Gasteiger partial charge in [0.2, 0.25) is 0 Å². The lowest BCUT2D eigenvalue weighted by Gasteiger charge is -2.20.